The van der Waals surface area contributed by atoms with Crippen molar-refractivity contribution in [2.75, 3.05) is 5.73 Å². The average Bonchev–Trinajstić information content (AvgIpc) is 2.88. The first-order chi connectivity index (χ1) is 8.72. The molecule has 0 amide bonds. The zero-order valence-electron chi connectivity index (χ0n) is 11.2. The van der Waals surface area contributed by atoms with E-state index >= 15 is 0 Å². The molecule has 3 rings (SSSR count). The fraction of sp³-hybridized carbons (Fsp3) is 0.643. The third-order valence-corrected chi connectivity index (χ3v) is 4.14. The van der Waals surface area contributed by atoms with E-state index in [0.29, 0.717) is 17.6 Å². The van der Waals surface area contributed by atoms with Crippen molar-refractivity contribution in [2.24, 2.45) is 0 Å². The predicted octanol–water partition coefficient (Wildman–Crippen LogP) is 3.59. The standard InChI is InChI=1S/C14H21N3O/c1-3-11-16-14-12(9(2)13(15)18-14)17(11)10-7-5-4-6-8-10/h10H,3-8,15H2,1-2H3. The van der Waals surface area contributed by atoms with Crippen LogP contribution in [0.25, 0.3) is 11.2 Å². The number of hydrogen-bond acceptors (Lipinski definition) is 3. The van der Waals surface area contributed by atoms with Gasteiger partial charge in [0.2, 0.25) is 5.71 Å². The quantitative estimate of drug-likeness (QED) is 0.882. The highest BCUT2D eigenvalue weighted by molar-refractivity contribution is 5.79. The van der Waals surface area contributed by atoms with Crippen LogP contribution in [0.3, 0.4) is 0 Å². The molecule has 0 unspecified atom stereocenters. The maximum Gasteiger partial charge on any atom is 0.247 e. The summed E-state index contributed by atoms with van der Waals surface area (Å²) in [6.45, 7) is 4.18. The molecule has 1 fully saturated rings. The van der Waals surface area contributed by atoms with Crippen LogP contribution in [-0.4, -0.2) is 9.55 Å². The largest absolute Gasteiger partial charge is 0.421 e. The molecule has 0 spiro atoms. The summed E-state index contributed by atoms with van der Waals surface area (Å²) in [7, 11) is 0. The Morgan fingerprint density at radius 2 is 2.06 bits per heavy atom. The number of nitrogens with zero attached hydrogens (tertiary/aromatic N) is 2. The molecule has 0 aromatic carbocycles. The summed E-state index contributed by atoms with van der Waals surface area (Å²) in [5, 5.41) is 0. The molecule has 0 aliphatic heterocycles. The van der Waals surface area contributed by atoms with Crippen LogP contribution in [0, 0.1) is 6.92 Å². The van der Waals surface area contributed by atoms with Crippen molar-refractivity contribution in [2.45, 2.75) is 58.4 Å². The summed E-state index contributed by atoms with van der Waals surface area (Å²) in [5.74, 6) is 1.65. The summed E-state index contributed by atoms with van der Waals surface area (Å²) in [6.07, 6.45) is 7.45. The third kappa shape index (κ3) is 1.62. The number of aryl methyl sites for hydroxylation is 2. The summed E-state index contributed by atoms with van der Waals surface area (Å²) < 4.78 is 7.95. The van der Waals surface area contributed by atoms with E-state index < -0.39 is 0 Å². The molecule has 0 bridgehead atoms. The molecule has 2 aromatic heterocycles. The highest BCUT2D eigenvalue weighted by Crippen LogP contribution is 2.36. The Hall–Kier alpha value is -1.45. The van der Waals surface area contributed by atoms with Gasteiger partial charge in [0.15, 0.2) is 5.88 Å². The second-order valence-electron chi connectivity index (χ2n) is 5.29. The Balaban J connectivity index is 2.16. The summed E-state index contributed by atoms with van der Waals surface area (Å²) in [4.78, 5) is 4.60. The van der Waals surface area contributed by atoms with Gasteiger partial charge in [-0.05, 0) is 19.8 Å². The molecule has 1 aliphatic carbocycles. The number of furan rings is 1. The Bertz CT molecular complexity index is 561. The number of aromatic nitrogens is 2. The number of nitrogen functional groups attached to an aromatic ring is 1. The van der Waals surface area contributed by atoms with Gasteiger partial charge in [-0.2, -0.15) is 4.98 Å². The fourth-order valence-electron chi connectivity index (χ4n) is 3.15. The summed E-state index contributed by atoms with van der Waals surface area (Å²) in [6, 6.07) is 0.578. The monoisotopic (exact) mass is 247 g/mol. The van der Waals surface area contributed by atoms with E-state index in [1.54, 1.807) is 0 Å². The van der Waals surface area contributed by atoms with Crippen molar-refractivity contribution >= 4 is 17.1 Å². The third-order valence-electron chi connectivity index (χ3n) is 4.14. The fourth-order valence-corrected chi connectivity index (χ4v) is 3.15. The number of rotatable bonds is 2. The predicted molar refractivity (Wildman–Crippen MR) is 72.6 cm³/mol. The van der Waals surface area contributed by atoms with Gasteiger partial charge in [-0.3, -0.25) is 0 Å². The van der Waals surface area contributed by atoms with E-state index in [2.05, 4.69) is 16.5 Å². The van der Waals surface area contributed by atoms with Crippen LogP contribution in [0.15, 0.2) is 4.42 Å². The van der Waals surface area contributed by atoms with Crippen molar-refractivity contribution in [3.05, 3.63) is 11.4 Å². The lowest BCUT2D eigenvalue weighted by Gasteiger charge is -2.25. The maximum absolute atomic E-state index is 5.87. The van der Waals surface area contributed by atoms with E-state index in [1.807, 2.05) is 6.92 Å². The Morgan fingerprint density at radius 1 is 1.33 bits per heavy atom. The van der Waals surface area contributed by atoms with E-state index in [0.717, 1.165) is 23.3 Å². The smallest absolute Gasteiger partial charge is 0.247 e. The van der Waals surface area contributed by atoms with E-state index in [-0.39, 0.29) is 0 Å². The van der Waals surface area contributed by atoms with Gasteiger partial charge >= 0.3 is 0 Å². The number of imidazole rings is 1. The van der Waals surface area contributed by atoms with Gasteiger partial charge in [0.05, 0.1) is 0 Å². The highest BCUT2D eigenvalue weighted by Gasteiger charge is 2.24. The average molecular weight is 247 g/mol. The number of fused-ring (bicyclic) bond motifs is 1. The Morgan fingerprint density at radius 3 is 2.72 bits per heavy atom. The molecule has 2 N–H and O–H groups in total. The minimum absolute atomic E-state index is 0.514. The topological polar surface area (TPSA) is 57.0 Å². The number of anilines is 1. The van der Waals surface area contributed by atoms with Crippen LogP contribution < -0.4 is 5.73 Å². The second-order valence-corrected chi connectivity index (χ2v) is 5.29. The Labute approximate surface area is 107 Å². The van der Waals surface area contributed by atoms with Gasteiger partial charge in [0.25, 0.3) is 0 Å². The zero-order chi connectivity index (χ0) is 12.7. The van der Waals surface area contributed by atoms with E-state index in [9.17, 15) is 0 Å². The number of nitrogens with two attached hydrogens (primary N) is 1. The molecule has 1 saturated carbocycles. The molecule has 2 aromatic rings. The molecule has 4 nitrogen and oxygen atoms in total. The molecular weight excluding hydrogens is 226 g/mol. The van der Waals surface area contributed by atoms with Crippen LogP contribution in [0.4, 0.5) is 5.88 Å². The molecule has 2 heterocycles. The maximum atomic E-state index is 5.87. The van der Waals surface area contributed by atoms with Crippen molar-refractivity contribution in [1.82, 2.24) is 9.55 Å². The summed E-state index contributed by atoms with van der Waals surface area (Å²) in [5.41, 5.74) is 8.75. The molecule has 1 aliphatic rings. The van der Waals surface area contributed by atoms with E-state index in [1.165, 1.54) is 32.1 Å². The molecule has 0 saturated heterocycles. The van der Waals surface area contributed by atoms with Crippen LogP contribution in [-0.2, 0) is 6.42 Å². The lowest BCUT2D eigenvalue weighted by molar-refractivity contribution is 0.353. The van der Waals surface area contributed by atoms with Crippen LogP contribution >= 0.6 is 0 Å². The van der Waals surface area contributed by atoms with Gasteiger partial charge in [-0.25, -0.2) is 0 Å². The van der Waals surface area contributed by atoms with Gasteiger partial charge < -0.3 is 14.7 Å². The molecular formula is C14H21N3O. The van der Waals surface area contributed by atoms with Gasteiger partial charge in [-0.1, -0.05) is 26.2 Å². The minimum Gasteiger partial charge on any atom is -0.421 e. The first-order valence-corrected chi connectivity index (χ1v) is 6.98. The normalized spacial score (nSPS) is 17.7. The SMILES string of the molecule is CCc1nc2oc(N)c(C)c2n1C1CCCCC1. The van der Waals surface area contributed by atoms with E-state index in [4.69, 9.17) is 10.2 Å². The van der Waals surface area contributed by atoms with Crippen LogP contribution in [0.1, 0.15) is 56.5 Å². The second kappa shape index (κ2) is 4.34. The van der Waals surface area contributed by atoms with Crippen molar-refractivity contribution in [1.29, 1.82) is 0 Å². The van der Waals surface area contributed by atoms with Crippen molar-refractivity contribution < 1.29 is 4.42 Å². The van der Waals surface area contributed by atoms with Gasteiger partial charge in [0.1, 0.15) is 11.3 Å². The molecule has 18 heavy (non-hydrogen) atoms. The zero-order valence-corrected chi connectivity index (χ0v) is 11.2. The number of hydrogen-bond donors (Lipinski definition) is 1. The van der Waals surface area contributed by atoms with Gasteiger partial charge in [0, 0.05) is 18.0 Å². The first kappa shape index (κ1) is 11.6. The Kier molecular flexibility index (Phi) is 2.80. The first-order valence-electron chi connectivity index (χ1n) is 6.98. The van der Waals surface area contributed by atoms with Crippen LogP contribution in [0.2, 0.25) is 0 Å². The molecule has 0 atom stereocenters. The lowest BCUT2D eigenvalue weighted by Crippen LogP contribution is -2.15. The van der Waals surface area contributed by atoms with Gasteiger partial charge in [-0.15, -0.1) is 0 Å². The van der Waals surface area contributed by atoms with Crippen molar-refractivity contribution in [3.63, 3.8) is 0 Å². The van der Waals surface area contributed by atoms with Crippen LogP contribution in [0.5, 0.6) is 0 Å². The molecule has 4 heteroatoms. The minimum atomic E-state index is 0.514. The van der Waals surface area contributed by atoms with Crippen molar-refractivity contribution in [3.8, 4) is 0 Å². The molecule has 98 valence electrons. The molecule has 0 radical (unpaired) electrons. The lowest BCUT2D eigenvalue weighted by atomic mass is 9.95. The highest BCUT2D eigenvalue weighted by atomic mass is 16.4. The summed E-state index contributed by atoms with van der Waals surface area (Å²) >= 11 is 0.